The lowest BCUT2D eigenvalue weighted by Crippen LogP contribution is -2.31. The zero-order valence-electron chi connectivity index (χ0n) is 15.9. The second kappa shape index (κ2) is 8.21. The predicted molar refractivity (Wildman–Crippen MR) is 105 cm³/mol. The average molecular weight is 382 g/mol. The van der Waals surface area contributed by atoms with Gasteiger partial charge in [0.1, 0.15) is 11.1 Å². The fraction of sp³-hybridized carbons (Fsp3) is 0.333. The van der Waals surface area contributed by atoms with Crippen LogP contribution in [-0.4, -0.2) is 42.1 Å². The Bertz CT molecular complexity index is 999. The van der Waals surface area contributed by atoms with Crippen molar-refractivity contribution < 1.29 is 18.8 Å². The number of ketones is 1. The van der Waals surface area contributed by atoms with E-state index in [4.69, 9.17) is 4.42 Å². The maximum absolute atomic E-state index is 12.4. The highest BCUT2D eigenvalue weighted by Gasteiger charge is 2.23. The normalized spacial score (nSPS) is 13.6. The lowest BCUT2D eigenvalue weighted by atomic mass is 10.1. The Morgan fingerprint density at radius 1 is 1.04 bits per heavy atom. The summed E-state index contributed by atoms with van der Waals surface area (Å²) in [5.41, 5.74) is 0.697. The third kappa shape index (κ3) is 3.88. The minimum absolute atomic E-state index is 0.0136. The molecule has 7 heteroatoms. The minimum Gasteiger partial charge on any atom is -0.422 e. The first-order valence-corrected chi connectivity index (χ1v) is 9.34. The summed E-state index contributed by atoms with van der Waals surface area (Å²) < 4.78 is 5.38. The number of hydrogen-bond donors (Lipinski definition) is 0. The second-order valence-corrected chi connectivity index (χ2v) is 6.53. The number of amides is 2. The number of fused-ring (bicyclic) bond motifs is 1. The maximum Gasteiger partial charge on any atom is 0.347 e. The molecule has 0 radical (unpaired) electrons. The quantitative estimate of drug-likeness (QED) is 0.396. The summed E-state index contributed by atoms with van der Waals surface area (Å²) in [6, 6.07) is 7.11. The molecule has 3 rings (SSSR count). The van der Waals surface area contributed by atoms with Crippen LogP contribution in [0.1, 0.15) is 37.0 Å². The van der Waals surface area contributed by atoms with Gasteiger partial charge in [-0.05, 0) is 38.5 Å². The van der Waals surface area contributed by atoms with Crippen LogP contribution < -0.4 is 10.5 Å². The zero-order valence-corrected chi connectivity index (χ0v) is 15.9. The van der Waals surface area contributed by atoms with Crippen LogP contribution in [0.3, 0.4) is 0 Å². The molecule has 0 fully saturated rings. The van der Waals surface area contributed by atoms with Gasteiger partial charge >= 0.3 is 5.63 Å². The Labute approximate surface area is 162 Å². The summed E-state index contributed by atoms with van der Waals surface area (Å²) in [7, 11) is 0. The zero-order chi connectivity index (χ0) is 20.3. The molecule has 0 aliphatic carbocycles. The Hall–Kier alpha value is -3.22. The topological polar surface area (TPSA) is 87.9 Å². The van der Waals surface area contributed by atoms with Crippen LogP contribution in [0, 0.1) is 0 Å². The molecule has 146 valence electrons. The number of carbonyl (C=O) groups excluding carboxylic acids is 3. The van der Waals surface area contributed by atoms with Crippen molar-refractivity contribution in [1.29, 1.82) is 0 Å². The molecular weight excluding hydrogens is 360 g/mol. The molecule has 2 amide bonds. The van der Waals surface area contributed by atoms with Crippen LogP contribution in [0.4, 0.5) is 5.69 Å². The van der Waals surface area contributed by atoms with Crippen molar-refractivity contribution in [2.75, 3.05) is 24.5 Å². The smallest absolute Gasteiger partial charge is 0.347 e. The van der Waals surface area contributed by atoms with E-state index in [1.54, 1.807) is 12.1 Å². The monoisotopic (exact) mass is 382 g/mol. The molecule has 0 bridgehead atoms. The molecule has 28 heavy (non-hydrogen) atoms. The molecule has 0 unspecified atom stereocenters. The van der Waals surface area contributed by atoms with E-state index in [0.29, 0.717) is 11.0 Å². The summed E-state index contributed by atoms with van der Waals surface area (Å²) in [4.78, 5) is 51.0. The summed E-state index contributed by atoms with van der Waals surface area (Å²) in [6.07, 6.45) is 2.74. The van der Waals surface area contributed by atoms with Crippen molar-refractivity contribution in [3.63, 3.8) is 0 Å². The molecule has 1 aliphatic rings. The van der Waals surface area contributed by atoms with E-state index in [1.165, 1.54) is 12.2 Å². The summed E-state index contributed by atoms with van der Waals surface area (Å²) in [5.74, 6) is -1.13. The molecule has 7 nitrogen and oxygen atoms in total. The Balaban J connectivity index is 1.73. The van der Waals surface area contributed by atoms with Crippen molar-refractivity contribution in [2.24, 2.45) is 0 Å². The first-order chi connectivity index (χ1) is 13.4. The first kappa shape index (κ1) is 19.5. The standard InChI is InChI=1S/C21H22N2O5/c1-3-22(4-2)15-8-7-14-12-16(21(27)28-18(14)13-15)17(24)6-5-11-23-19(25)9-10-20(23)26/h7-10,12-13H,3-6,11H2,1-2H3. The highest BCUT2D eigenvalue weighted by atomic mass is 16.4. The van der Waals surface area contributed by atoms with Gasteiger partial charge in [-0.3, -0.25) is 19.3 Å². The van der Waals surface area contributed by atoms with Gasteiger partial charge in [0.15, 0.2) is 5.78 Å². The van der Waals surface area contributed by atoms with Gasteiger partial charge < -0.3 is 9.32 Å². The Kier molecular flexibility index (Phi) is 5.73. The number of rotatable bonds is 8. The van der Waals surface area contributed by atoms with Gasteiger partial charge in [0.25, 0.3) is 11.8 Å². The molecule has 0 N–H and O–H groups in total. The molecular formula is C21H22N2O5. The van der Waals surface area contributed by atoms with Gasteiger partial charge in [0.2, 0.25) is 0 Å². The van der Waals surface area contributed by atoms with Gasteiger partial charge in [0, 0.05) is 55.3 Å². The van der Waals surface area contributed by atoms with Crippen LogP contribution in [-0.2, 0) is 9.59 Å². The molecule has 0 saturated heterocycles. The number of nitrogens with zero attached hydrogens (tertiary/aromatic N) is 2. The molecule has 0 atom stereocenters. The third-order valence-electron chi connectivity index (χ3n) is 4.83. The van der Waals surface area contributed by atoms with Crippen molar-refractivity contribution in [3.8, 4) is 0 Å². The number of imide groups is 1. The van der Waals surface area contributed by atoms with Crippen LogP contribution in [0.5, 0.6) is 0 Å². The number of carbonyl (C=O) groups is 3. The van der Waals surface area contributed by atoms with E-state index >= 15 is 0 Å². The van der Waals surface area contributed by atoms with E-state index in [-0.39, 0.29) is 42.5 Å². The SMILES string of the molecule is CCN(CC)c1ccc2cc(C(=O)CCCN3C(=O)C=CC3=O)c(=O)oc2c1. The fourth-order valence-electron chi connectivity index (χ4n) is 3.26. The summed E-state index contributed by atoms with van der Waals surface area (Å²) in [6.45, 7) is 5.90. The van der Waals surface area contributed by atoms with E-state index < -0.39 is 5.63 Å². The summed E-state index contributed by atoms with van der Waals surface area (Å²) >= 11 is 0. The molecule has 2 aromatic rings. The van der Waals surface area contributed by atoms with Crippen LogP contribution in [0.15, 0.2) is 45.6 Å². The van der Waals surface area contributed by atoms with Crippen molar-refractivity contribution in [1.82, 2.24) is 4.90 Å². The lowest BCUT2D eigenvalue weighted by Gasteiger charge is -2.21. The van der Waals surface area contributed by atoms with E-state index in [1.807, 2.05) is 26.0 Å². The number of anilines is 1. The molecule has 1 aromatic carbocycles. The molecule has 0 saturated carbocycles. The first-order valence-electron chi connectivity index (χ1n) is 9.34. The number of Topliss-reactive ketones (excluding diaryl/α,β-unsaturated/α-hetero) is 1. The molecule has 2 heterocycles. The maximum atomic E-state index is 12.4. The number of hydrogen-bond acceptors (Lipinski definition) is 6. The second-order valence-electron chi connectivity index (χ2n) is 6.53. The van der Waals surface area contributed by atoms with Gasteiger partial charge in [-0.2, -0.15) is 0 Å². The average Bonchev–Trinajstić information content (AvgIpc) is 3.00. The molecule has 0 spiro atoms. The van der Waals surface area contributed by atoms with Gasteiger partial charge in [0.05, 0.1) is 0 Å². The predicted octanol–water partition coefficient (Wildman–Crippen LogP) is 2.53. The van der Waals surface area contributed by atoms with E-state index in [2.05, 4.69) is 4.90 Å². The van der Waals surface area contributed by atoms with Gasteiger partial charge in [-0.25, -0.2) is 4.79 Å². The highest BCUT2D eigenvalue weighted by molar-refractivity contribution is 6.12. The van der Waals surface area contributed by atoms with Crippen molar-refractivity contribution >= 4 is 34.3 Å². The van der Waals surface area contributed by atoms with Gasteiger partial charge in [-0.15, -0.1) is 0 Å². The highest BCUT2D eigenvalue weighted by Crippen LogP contribution is 2.22. The van der Waals surface area contributed by atoms with E-state index in [0.717, 1.165) is 23.7 Å². The van der Waals surface area contributed by atoms with Crippen LogP contribution in [0.2, 0.25) is 0 Å². The summed E-state index contributed by atoms with van der Waals surface area (Å²) in [5, 5.41) is 0.674. The fourth-order valence-corrected chi connectivity index (χ4v) is 3.26. The van der Waals surface area contributed by atoms with Crippen molar-refractivity contribution in [2.45, 2.75) is 26.7 Å². The van der Waals surface area contributed by atoms with Crippen LogP contribution in [0.25, 0.3) is 11.0 Å². The lowest BCUT2D eigenvalue weighted by molar-refractivity contribution is -0.136. The van der Waals surface area contributed by atoms with Crippen molar-refractivity contribution in [3.05, 3.63) is 52.4 Å². The Morgan fingerprint density at radius 3 is 2.36 bits per heavy atom. The van der Waals surface area contributed by atoms with Gasteiger partial charge in [-0.1, -0.05) is 0 Å². The third-order valence-corrected chi connectivity index (χ3v) is 4.83. The Morgan fingerprint density at radius 2 is 1.71 bits per heavy atom. The minimum atomic E-state index is -0.677. The van der Waals surface area contributed by atoms with Crippen LogP contribution >= 0.6 is 0 Å². The molecule has 1 aliphatic heterocycles. The largest absolute Gasteiger partial charge is 0.422 e. The molecule has 1 aromatic heterocycles. The number of benzene rings is 1. The van der Waals surface area contributed by atoms with E-state index in [9.17, 15) is 19.2 Å².